The van der Waals surface area contributed by atoms with Crippen LogP contribution < -0.4 is 0 Å². The van der Waals surface area contributed by atoms with Crippen LogP contribution in [0.2, 0.25) is 0 Å². The second-order valence-electron chi connectivity index (χ2n) is 2.35. The van der Waals surface area contributed by atoms with E-state index in [2.05, 4.69) is 21.1 Å². The number of oxime groups is 1. The van der Waals surface area contributed by atoms with E-state index in [1.807, 2.05) is 19.1 Å². The third kappa shape index (κ3) is 1.99. The van der Waals surface area contributed by atoms with Crippen molar-refractivity contribution in [2.24, 2.45) is 5.16 Å². The van der Waals surface area contributed by atoms with E-state index in [1.165, 1.54) is 0 Å². The van der Waals surface area contributed by atoms with Gasteiger partial charge in [-0.25, -0.2) is 0 Å². The highest BCUT2D eigenvalue weighted by Gasteiger charge is 2.04. The summed E-state index contributed by atoms with van der Waals surface area (Å²) >= 11 is 8.95. The van der Waals surface area contributed by atoms with Gasteiger partial charge in [0, 0.05) is 10.0 Å². The first-order chi connectivity index (χ1) is 5.65. The van der Waals surface area contributed by atoms with E-state index in [0.717, 1.165) is 15.6 Å². The normalized spacial score (nSPS) is 11.8. The molecule has 0 aliphatic rings. The highest BCUT2D eigenvalue weighted by atomic mass is 79.9. The molecule has 1 aromatic rings. The number of benzene rings is 1. The van der Waals surface area contributed by atoms with Gasteiger partial charge in [0.05, 0.1) is 0 Å². The van der Waals surface area contributed by atoms with Gasteiger partial charge in [0.25, 0.3) is 0 Å². The zero-order valence-electron chi connectivity index (χ0n) is 6.38. The minimum Gasteiger partial charge on any atom is -0.410 e. The summed E-state index contributed by atoms with van der Waals surface area (Å²) in [7, 11) is 0. The number of hydrogen-bond donors (Lipinski definition) is 1. The molecule has 4 heteroatoms. The second kappa shape index (κ2) is 3.92. The van der Waals surface area contributed by atoms with Gasteiger partial charge in [-0.2, -0.15) is 0 Å². The fourth-order valence-electron chi connectivity index (χ4n) is 0.870. The van der Waals surface area contributed by atoms with Gasteiger partial charge in [0.1, 0.15) is 0 Å². The summed E-state index contributed by atoms with van der Waals surface area (Å²) < 4.78 is 0.907. The van der Waals surface area contributed by atoms with E-state index < -0.39 is 0 Å². The maximum absolute atomic E-state index is 8.44. The SMILES string of the molecule is Cc1ccc(Br)cc1C(Cl)=NO. The average molecular weight is 249 g/mol. The van der Waals surface area contributed by atoms with Crippen molar-refractivity contribution in [3.05, 3.63) is 33.8 Å². The van der Waals surface area contributed by atoms with Gasteiger partial charge in [-0.05, 0) is 24.6 Å². The van der Waals surface area contributed by atoms with Crippen LogP contribution in [0, 0.1) is 6.92 Å². The van der Waals surface area contributed by atoms with Crippen molar-refractivity contribution in [3.63, 3.8) is 0 Å². The largest absolute Gasteiger partial charge is 0.410 e. The average Bonchev–Trinajstić information content (AvgIpc) is 2.08. The molecule has 1 rings (SSSR count). The molecule has 0 saturated heterocycles. The van der Waals surface area contributed by atoms with E-state index in [9.17, 15) is 0 Å². The molecule has 0 aliphatic carbocycles. The minimum atomic E-state index is 0.105. The van der Waals surface area contributed by atoms with Crippen LogP contribution in [-0.2, 0) is 0 Å². The van der Waals surface area contributed by atoms with Gasteiger partial charge in [-0.1, -0.05) is 38.8 Å². The quantitative estimate of drug-likeness (QED) is 0.462. The number of nitrogens with zero attached hydrogens (tertiary/aromatic N) is 1. The van der Waals surface area contributed by atoms with E-state index >= 15 is 0 Å². The molecule has 0 aliphatic heterocycles. The smallest absolute Gasteiger partial charge is 0.175 e. The first-order valence-electron chi connectivity index (χ1n) is 3.29. The lowest BCUT2D eigenvalue weighted by Crippen LogP contribution is -1.94. The molecule has 2 nitrogen and oxygen atoms in total. The van der Waals surface area contributed by atoms with Crippen molar-refractivity contribution in [3.8, 4) is 0 Å². The van der Waals surface area contributed by atoms with Crippen molar-refractivity contribution < 1.29 is 5.21 Å². The van der Waals surface area contributed by atoms with Gasteiger partial charge < -0.3 is 5.21 Å². The molecule has 0 bridgehead atoms. The summed E-state index contributed by atoms with van der Waals surface area (Å²) in [6, 6.07) is 5.60. The zero-order chi connectivity index (χ0) is 9.14. The van der Waals surface area contributed by atoms with Gasteiger partial charge in [-0.15, -0.1) is 0 Å². The van der Waals surface area contributed by atoms with Gasteiger partial charge in [0.2, 0.25) is 0 Å². The molecule has 0 spiro atoms. The molecule has 0 heterocycles. The standard InChI is InChI=1S/C8H7BrClNO/c1-5-2-3-6(9)4-7(5)8(10)11-12/h2-4,12H,1H3. The molecule has 12 heavy (non-hydrogen) atoms. The number of halogens is 2. The molecule has 0 saturated carbocycles. The Bertz CT molecular complexity index is 325. The Morgan fingerprint density at radius 2 is 2.25 bits per heavy atom. The molecule has 0 unspecified atom stereocenters. The van der Waals surface area contributed by atoms with Crippen LogP contribution in [0.25, 0.3) is 0 Å². The fourth-order valence-corrected chi connectivity index (χ4v) is 1.44. The van der Waals surface area contributed by atoms with Crippen molar-refractivity contribution in [1.29, 1.82) is 0 Å². The Morgan fingerprint density at radius 1 is 1.58 bits per heavy atom. The van der Waals surface area contributed by atoms with Crippen LogP contribution in [0.15, 0.2) is 27.8 Å². The van der Waals surface area contributed by atoms with Crippen LogP contribution in [0.5, 0.6) is 0 Å². The van der Waals surface area contributed by atoms with Crippen molar-refractivity contribution in [2.75, 3.05) is 0 Å². The lowest BCUT2D eigenvalue weighted by atomic mass is 10.1. The third-order valence-corrected chi connectivity index (χ3v) is 2.28. The molecular weight excluding hydrogens is 241 g/mol. The van der Waals surface area contributed by atoms with Crippen LogP contribution in [0.3, 0.4) is 0 Å². The monoisotopic (exact) mass is 247 g/mol. The number of hydrogen-bond acceptors (Lipinski definition) is 2. The highest BCUT2D eigenvalue weighted by Crippen LogP contribution is 2.17. The van der Waals surface area contributed by atoms with Crippen LogP contribution >= 0.6 is 27.5 Å². The third-order valence-electron chi connectivity index (χ3n) is 1.51. The Balaban J connectivity index is 3.23. The number of rotatable bonds is 1. The van der Waals surface area contributed by atoms with Crippen LogP contribution in [0.1, 0.15) is 11.1 Å². The Hall–Kier alpha value is -0.540. The molecule has 1 N–H and O–H groups in total. The summed E-state index contributed by atoms with van der Waals surface area (Å²) in [5.74, 6) is 0. The van der Waals surface area contributed by atoms with Gasteiger partial charge in [0.15, 0.2) is 5.17 Å². The lowest BCUT2D eigenvalue weighted by molar-refractivity contribution is 0.321. The summed E-state index contributed by atoms with van der Waals surface area (Å²) in [4.78, 5) is 0. The fraction of sp³-hybridized carbons (Fsp3) is 0.125. The van der Waals surface area contributed by atoms with E-state index in [4.69, 9.17) is 16.8 Å². The van der Waals surface area contributed by atoms with Crippen molar-refractivity contribution in [2.45, 2.75) is 6.92 Å². The first kappa shape index (κ1) is 9.55. The summed E-state index contributed by atoms with van der Waals surface area (Å²) in [6.07, 6.45) is 0. The van der Waals surface area contributed by atoms with E-state index in [1.54, 1.807) is 6.07 Å². The molecule has 0 fully saturated rings. The zero-order valence-corrected chi connectivity index (χ0v) is 8.72. The molecule has 0 amide bonds. The molecule has 0 aromatic heterocycles. The van der Waals surface area contributed by atoms with Crippen LogP contribution in [-0.4, -0.2) is 10.4 Å². The minimum absolute atomic E-state index is 0.105. The first-order valence-corrected chi connectivity index (χ1v) is 4.46. The topological polar surface area (TPSA) is 32.6 Å². The van der Waals surface area contributed by atoms with Crippen LogP contribution in [0.4, 0.5) is 0 Å². The Kier molecular flexibility index (Phi) is 3.12. The van der Waals surface area contributed by atoms with E-state index in [0.29, 0.717) is 0 Å². The summed E-state index contributed by atoms with van der Waals surface area (Å²) in [5.41, 5.74) is 1.70. The summed E-state index contributed by atoms with van der Waals surface area (Å²) in [5, 5.41) is 11.5. The number of aryl methyl sites for hydroxylation is 1. The predicted molar refractivity (Wildman–Crippen MR) is 53.1 cm³/mol. The van der Waals surface area contributed by atoms with Crippen molar-refractivity contribution in [1.82, 2.24) is 0 Å². The second-order valence-corrected chi connectivity index (χ2v) is 3.62. The Morgan fingerprint density at radius 3 is 2.83 bits per heavy atom. The molecular formula is C8H7BrClNO. The summed E-state index contributed by atoms with van der Waals surface area (Å²) in [6.45, 7) is 1.90. The molecule has 1 aromatic carbocycles. The predicted octanol–water partition coefficient (Wildman–Crippen LogP) is 3.13. The maximum Gasteiger partial charge on any atom is 0.175 e. The molecule has 64 valence electrons. The lowest BCUT2D eigenvalue weighted by Gasteiger charge is -2.01. The molecule has 0 radical (unpaired) electrons. The Labute approximate surface area is 84.0 Å². The van der Waals surface area contributed by atoms with Gasteiger partial charge in [-0.3, -0.25) is 0 Å². The van der Waals surface area contributed by atoms with Crippen molar-refractivity contribution >= 4 is 32.7 Å². The van der Waals surface area contributed by atoms with E-state index in [-0.39, 0.29) is 5.17 Å². The van der Waals surface area contributed by atoms with Gasteiger partial charge >= 0.3 is 0 Å². The highest BCUT2D eigenvalue weighted by molar-refractivity contribution is 9.10. The molecule has 0 atom stereocenters. The maximum atomic E-state index is 8.44.